The third kappa shape index (κ3) is 3.52. The van der Waals surface area contributed by atoms with E-state index in [1.807, 2.05) is 12.1 Å². The van der Waals surface area contributed by atoms with Crippen LogP contribution in [0.1, 0.15) is 29.8 Å². The Morgan fingerprint density at radius 3 is 2.44 bits per heavy atom. The highest BCUT2D eigenvalue weighted by atomic mass is 16.6. The van der Waals surface area contributed by atoms with E-state index in [-0.39, 0.29) is 5.91 Å². The van der Waals surface area contributed by atoms with Crippen LogP contribution in [0.25, 0.3) is 0 Å². The number of carbonyl (C=O) groups is 3. The van der Waals surface area contributed by atoms with Crippen molar-refractivity contribution in [3.63, 3.8) is 0 Å². The Kier molecular flexibility index (Phi) is 4.27. The Morgan fingerprint density at radius 1 is 1.04 bits per heavy atom. The van der Waals surface area contributed by atoms with Crippen molar-refractivity contribution in [1.82, 2.24) is 0 Å². The van der Waals surface area contributed by atoms with Crippen molar-refractivity contribution in [2.75, 3.05) is 10.6 Å². The van der Waals surface area contributed by atoms with E-state index < -0.39 is 17.5 Å². The van der Waals surface area contributed by atoms with Crippen molar-refractivity contribution in [1.29, 1.82) is 0 Å². The van der Waals surface area contributed by atoms with Gasteiger partial charge in [-0.05, 0) is 36.8 Å². The molecule has 2 aromatic rings. The van der Waals surface area contributed by atoms with Crippen LogP contribution in [0.3, 0.4) is 0 Å². The Morgan fingerprint density at radius 2 is 1.72 bits per heavy atom. The zero-order chi connectivity index (χ0) is 18.0. The van der Waals surface area contributed by atoms with Crippen LogP contribution >= 0.6 is 0 Å². The quantitative estimate of drug-likeness (QED) is 0.843. The van der Waals surface area contributed by atoms with Crippen LogP contribution < -0.4 is 10.6 Å². The highest BCUT2D eigenvalue weighted by Gasteiger charge is 2.42. The van der Waals surface area contributed by atoms with Crippen molar-refractivity contribution in [3.05, 3.63) is 59.7 Å². The molecule has 0 radical (unpaired) electrons. The maximum absolute atomic E-state index is 12.7. The van der Waals surface area contributed by atoms with Crippen molar-refractivity contribution < 1.29 is 19.1 Å². The smallest absolute Gasteiger partial charge is 0.339 e. The predicted molar refractivity (Wildman–Crippen MR) is 93.3 cm³/mol. The number of ether oxygens (including phenoxy) is 1. The summed E-state index contributed by atoms with van der Waals surface area (Å²) in [5, 5.41) is 5.40. The second-order valence-corrected chi connectivity index (χ2v) is 6.17. The molecule has 0 fully saturated rings. The number of rotatable bonds is 3. The molecule has 6 nitrogen and oxygen atoms in total. The van der Waals surface area contributed by atoms with E-state index in [0.29, 0.717) is 23.4 Å². The molecule has 1 aliphatic rings. The van der Waals surface area contributed by atoms with Gasteiger partial charge in [-0.15, -0.1) is 0 Å². The molecule has 128 valence electrons. The van der Waals surface area contributed by atoms with Gasteiger partial charge in [0.15, 0.2) is 5.60 Å². The summed E-state index contributed by atoms with van der Waals surface area (Å²) in [5.41, 5.74) is 1.05. The lowest BCUT2D eigenvalue weighted by Crippen LogP contribution is -2.48. The number of hydrogen-bond acceptors (Lipinski definition) is 4. The summed E-state index contributed by atoms with van der Waals surface area (Å²) in [4.78, 5) is 36.0. The zero-order valence-corrected chi connectivity index (χ0v) is 14.0. The van der Waals surface area contributed by atoms with Gasteiger partial charge in [0.25, 0.3) is 5.91 Å². The van der Waals surface area contributed by atoms with Gasteiger partial charge < -0.3 is 15.4 Å². The van der Waals surface area contributed by atoms with E-state index in [1.165, 1.54) is 6.92 Å². The first-order valence-corrected chi connectivity index (χ1v) is 7.88. The fraction of sp³-hybridized carbons (Fsp3) is 0.211. The number of cyclic esters (lactones) is 1. The summed E-state index contributed by atoms with van der Waals surface area (Å²) in [6.07, 6.45) is 0.298. The number of benzene rings is 2. The van der Waals surface area contributed by atoms with E-state index >= 15 is 0 Å². The number of anilines is 2. The summed E-state index contributed by atoms with van der Waals surface area (Å²) >= 11 is 0. The molecule has 1 atom stereocenters. The average molecular weight is 338 g/mol. The monoisotopic (exact) mass is 338 g/mol. The number of carbonyl (C=O) groups excluding carboxylic acids is 3. The van der Waals surface area contributed by atoms with Crippen molar-refractivity contribution >= 4 is 29.2 Å². The molecule has 0 saturated heterocycles. The fourth-order valence-electron chi connectivity index (χ4n) is 2.80. The molecule has 3 rings (SSSR count). The van der Waals surface area contributed by atoms with E-state index in [1.54, 1.807) is 43.3 Å². The minimum absolute atomic E-state index is 0.201. The minimum atomic E-state index is -1.30. The van der Waals surface area contributed by atoms with E-state index in [0.717, 1.165) is 5.56 Å². The molecule has 1 aliphatic heterocycles. The topological polar surface area (TPSA) is 84.5 Å². The molecule has 0 spiro atoms. The molecule has 2 N–H and O–H groups in total. The lowest BCUT2D eigenvalue weighted by atomic mass is 9.89. The molecule has 0 aromatic heterocycles. The summed E-state index contributed by atoms with van der Waals surface area (Å²) in [7, 11) is 0. The number of hydrogen-bond donors (Lipinski definition) is 2. The van der Waals surface area contributed by atoms with Crippen molar-refractivity contribution in [3.8, 4) is 0 Å². The Labute approximate surface area is 145 Å². The van der Waals surface area contributed by atoms with E-state index in [2.05, 4.69) is 10.6 Å². The molecule has 2 aromatic carbocycles. The summed E-state index contributed by atoms with van der Waals surface area (Å²) in [6.45, 7) is 3.00. The number of amides is 2. The first kappa shape index (κ1) is 16.7. The van der Waals surface area contributed by atoms with Crippen LogP contribution in [0.2, 0.25) is 0 Å². The predicted octanol–water partition coefficient (Wildman–Crippen LogP) is 2.76. The first-order valence-electron chi connectivity index (χ1n) is 7.88. The molecular formula is C19H18N2O4. The van der Waals surface area contributed by atoms with Gasteiger partial charge in [-0.3, -0.25) is 9.59 Å². The maximum atomic E-state index is 12.7. The first-order chi connectivity index (χ1) is 11.9. The highest BCUT2D eigenvalue weighted by Crippen LogP contribution is 2.29. The summed E-state index contributed by atoms with van der Waals surface area (Å²) in [5.74, 6) is -1.13. The third-order valence-corrected chi connectivity index (χ3v) is 4.00. The van der Waals surface area contributed by atoms with Gasteiger partial charge in [0.1, 0.15) is 0 Å². The Bertz CT molecular complexity index is 862. The van der Waals surface area contributed by atoms with Crippen LogP contribution in [0, 0.1) is 0 Å². The van der Waals surface area contributed by atoms with Gasteiger partial charge in [-0.2, -0.15) is 0 Å². The van der Waals surface area contributed by atoms with Crippen molar-refractivity contribution in [2.45, 2.75) is 25.9 Å². The Hall–Kier alpha value is -3.15. The van der Waals surface area contributed by atoms with E-state index in [9.17, 15) is 14.4 Å². The summed E-state index contributed by atoms with van der Waals surface area (Å²) in [6, 6.07) is 13.9. The lowest BCUT2D eigenvalue weighted by Gasteiger charge is -2.33. The molecule has 25 heavy (non-hydrogen) atoms. The molecule has 0 aliphatic carbocycles. The lowest BCUT2D eigenvalue weighted by molar-refractivity contribution is -0.134. The SMILES string of the molecule is CC(=O)Nc1cccc(NC(=O)C2(C)Cc3ccccc3C(=O)O2)c1. The molecule has 6 heteroatoms. The molecule has 0 saturated carbocycles. The number of fused-ring (bicyclic) bond motifs is 1. The number of esters is 1. The Balaban J connectivity index is 1.80. The van der Waals surface area contributed by atoms with Gasteiger partial charge >= 0.3 is 5.97 Å². The minimum Gasteiger partial charge on any atom is -0.445 e. The third-order valence-electron chi connectivity index (χ3n) is 4.00. The molecule has 2 amide bonds. The van der Waals surface area contributed by atoms with Gasteiger partial charge in [0, 0.05) is 24.7 Å². The largest absolute Gasteiger partial charge is 0.445 e. The summed E-state index contributed by atoms with van der Waals surface area (Å²) < 4.78 is 5.41. The fourth-order valence-corrected chi connectivity index (χ4v) is 2.80. The van der Waals surface area contributed by atoms with Gasteiger partial charge in [-0.25, -0.2) is 4.79 Å². The van der Waals surface area contributed by atoms with Crippen molar-refractivity contribution in [2.24, 2.45) is 0 Å². The molecular weight excluding hydrogens is 320 g/mol. The van der Waals surface area contributed by atoms with Gasteiger partial charge in [0.2, 0.25) is 5.91 Å². The number of nitrogens with one attached hydrogen (secondary N) is 2. The van der Waals surface area contributed by atoms with Crippen LogP contribution in [0.4, 0.5) is 11.4 Å². The van der Waals surface area contributed by atoms with Crippen LogP contribution in [0.5, 0.6) is 0 Å². The van der Waals surface area contributed by atoms with Crippen LogP contribution in [-0.4, -0.2) is 23.4 Å². The van der Waals surface area contributed by atoms with Crippen LogP contribution in [-0.2, 0) is 20.7 Å². The van der Waals surface area contributed by atoms with Gasteiger partial charge in [0.05, 0.1) is 5.56 Å². The van der Waals surface area contributed by atoms with Crippen LogP contribution in [0.15, 0.2) is 48.5 Å². The second-order valence-electron chi connectivity index (χ2n) is 6.17. The zero-order valence-electron chi connectivity index (χ0n) is 14.0. The van der Waals surface area contributed by atoms with Gasteiger partial charge in [-0.1, -0.05) is 24.3 Å². The maximum Gasteiger partial charge on any atom is 0.339 e. The molecule has 1 heterocycles. The average Bonchev–Trinajstić information content (AvgIpc) is 2.54. The van der Waals surface area contributed by atoms with E-state index in [4.69, 9.17) is 4.74 Å². The standard InChI is InChI=1S/C19H18N2O4/c1-12(22)20-14-7-5-8-15(10-14)21-18(24)19(2)11-13-6-3-4-9-16(13)17(23)25-19/h3-10H,11H2,1-2H3,(H,20,22)(H,21,24). The normalized spacial score (nSPS) is 18.7. The molecule has 0 bridgehead atoms. The highest BCUT2D eigenvalue weighted by molar-refractivity contribution is 6.02. The second kappa shape index (κ2) is 6.39. The molecule has 1 unspecified atom stereocenters.